The molecule has 1 aromatic carbocycles. The van der Waals surface area contributed by atoms with E-state index in [-0.39, 0.29) is 12.2 Å². The molecule has 0 fully saturated rings. The summed E-state index contributed by atoms with van der Waals surface area (Å²) in [5.74, 6) is -2.24. The molecule has 1 heterocycles. The fourth-order valence-electron chi connectivity index (χ4n) is 1.82. The highest BCUT2D eigenvalue weighted by Crippen LogP contribution is 2.26. The van der Waals surface area contributed by atoms with Gasteiger partial charge in [-0.25, -0.2) is 8.78 Å². The standard InChI is InChI=1S/C13H13ClF2N2O2/c1-7-9(13(14)18(2)17-7)6-20-12-10(15)3-8(5-19)4-11(12)16/h3-4,19H,5-6H2,1-2H3. The van der Waals surface area contributed by atoms with Crippen molar-refractivity contribution in [1.82, 2.24) is 9.78 Å². The van der Waals surface area contributed by atoms with Crippen molar-refractivity contribution in [3.05, 3.63) is 45.7 Å². The lowest BCUT2D eigenvalue weighted by atomic mass is 10.2. The summed E-state index contributed by atoms with van der Waals surface area (Å²) in [5.41, 5.74) is 1.34. The Morgan fingerprint density at radius 2 is 1.95 bits per heavy atom. The number of hydrogen-bond donors (Lipinski definition) is 1. The maximum atomic E-state index is 13.7. The summed E-state index contributed by atoms with van der Waals surface area (Å²) in [7, 11) is 1.66. The second-order valence-electron chi connectivity index (χ2n) is 4.31. The zero-order valence-corrected chi connectivity index (χ0v) is 11.7. The first-order valence-electron chi connectivity index (χ1n) is 5.83. The van der Waals surface area contributed by atoms with Crippen LogP contribution >= 0.6 is 11.6 Å². The van der Waals surface area contributed by atoms with Crippen molar-refractivity contribution >= 4 is 11.6 Å². The molecule has 0 spiro atoms. The Labute approximate surface area is 119 Å². The van der Waals surface area contributed by atoms with Crippen molar-refractivity contribution < 1.29 is 18.6 Å². The highest BCUT2D eigenvalue weighted by atomic mass is 35.5. The van der Waals surface area contributed by atoms with Gasteiger partial charge in [0.05, 0.1) is 12.3 Å². The highest BCUT2D eigenvalue weighted by Gasteiger charge is 2.16. The molecule has 1 aromatic heterocycles. The Morgan fingerprint density at radius 1 is 1.35 bits per heavy atom. The summed E-state index contributed by atoms with van der Waals surface area (Å²) >= 11 is 6.01. The fourth-order valence-corrected chi connectivity index (χ4v) is 2.05. The zero-order chi connectivity index (χ0) is 14.9. The molecule has 0 unspecified atom stereocenters. The molecule has 20 heavy (non-hydrogen) atoms. The molecule has 0 aliphatic rings. The maximum absolute atomic E-state index is 13.7. The molecule has 0 atom stereocenters. The van der Waals surface area contributed by atoms with Crippen molar-refractivity contribution in [3.63, 3.8) is 0 Å². The van der Waals surface area contributed by atoms with E-state index in [9.17, 15) is 8.78 Å². The Kier molecular flexibility index (Phi) is 4.25. The Bertz CT molecular complexity index is 621. The number of halogens is 3. The van der Waals surface area contributed by atoms with Crippen LogP contribution in [-0.4, -0.2) is 14.9 Å². The van der Waals surface area contributed by atoms with E-state index in [1.165, 1.54) is 4.68 Å². The Balaban J connectivity index is 2.23. The minimum Gasteiger partial charge on any atom is -0.483 e. The summed E-state index contributed by atoms with van der Waals surface area (Å²) in [6.07, 6.45) is 0. The lowest BCUT2D eigenvalue weighted by Gasteiger charge is -2.09. The van der Waals surface area contributed by atoms with Crippen LogP contribution in [0.25, 0.3) is 0 Å². The van der Waals surface area contributed by atoms with E-state index >= 15 is 0 Å². The predicted octanol–water partition coefficient (Wildman–Crippen LogP) is 2.73. The van der Waals surface area contributed by atoms with E-state index in [2.05, 4.69) is 5.10 Å². The van der Waals surface area contributed by atoms with E-state index in [0.717, 1.165) is 12.1 Å². The quantitative estimate of drug-likeness (QED) is 0.944. The van der Waals surface area contributed by atoms with Crippen LogP contribution in [0.3, 0.4) is 0 Å². The van der Waals surface area contributed by atoms with E-state index in [0.29, 0.717) is 16.4 Å². The van der Waals surface area contributed by atoms with E-state index in [1.807, 2.05) is 0 Å². The van der Waals surface area contributed by atoms with E-state index < -0.39 is 24.0 Å². The third kappa shape index (κ3) is 2.76. The van der Waals surface area contributed by atoms with Gasteiger partial charge in [0.15, 0.2) is 17.4 Å². The molecular weight excluding hydrogens is 290 g/mol. The molecule has 0 aliphatic carbocycles. The normalized spacial score (nSPS) is 10.9. The second-order valence-corrected chi connectivity index (χ2v) is 4.67. The minimum atomic E-state index is -0.869. The number of aliphatic hydroxyl groups excluding tert-OH is 1. The van der Waals surface area contributed by atoms with Crippen LogP contribution in [0.1, 0.15) is 16.8 Å². The van der Waals surface area contributed by atoms with Crippen LogP contribution in [0.15, 0.2) is 12.1 Å². The van der Waals surface area contributed by atoms with Gasteiger partial charge in [0, 0.05) is 12.6 Å². The SMILES string of the molecule is Cc1nn(C)c(Cl)c1COc1c(F)cc(CO)cc1F. The lowest BCUT2D eigenvalue weighted by molar-refractivity contribution is 0.266. The van der Waals surface area contributed by atoms with Gasteiger partial charge >= 0.3 is 0 Å². The van der Waals surface area contributed by atoms with Gasteiger partial charge in [-0.1, -0.05) is 11.6 Å². The van der Waals surface area contributed by atoms with Crippen molar-refractivity contribution in [2.75, 3.05) is 0 Å². The maximum Gasteiger partial charge on any atom is 0.191 e. The Morgan fingerprint density at radius 3 is 2.40 bits per heavy atom. The molecule has 0 bridgehead atoms. The summed E-state index contributed by atoms with van der Waals surface area (Å²) in [5, 5.41) is 13.3. The molecule has 0 radical (unpaired) electrons. The molecule has 4 nitrogen and oxygen atoms in total. The number of nitrogens with zero attached hydrogens (tertiary/aromatic N) is 2. The van der Waals surface area contributed by atoms with Crippen molar-refractivity contribution in [2.24, 2.45) is 7.05 Å². The first kappa shape index (κ1) is 14.7. The fraction of sp³-hybridized carbons (Fsp3) is 0.308. The second kappa shape index (κ2) is 5.76. The summed E-state index contributed by atoms with van der Waals surface area (Å²) in [6, 6.07) is 2.05. The molecular formula is C13H13ClF2N2O2. The van der Waals surface area contributed by atoms with Crippen LogP contribution in [0.4, 0.5) is 8.78 Å². The smallest absolute Gasteiger partial charge is 0.191 e. The summed E-state index contributed by atoms with van der Waals surface area (Å²) in [6.45, 7) is 1.19. The average Bonchev–Trinajstić information content (AvgIpc) is 2.63. The molecule has 0 amide bonds. The summed E-state index contributed by atoms with van der Waals surface area (Å²) < 4.78 is 34.0. The molecule has 108 valence electrons. The van der Waals surface area contributed by atoms with Crippen molar-refractivity contribution in [2.45, 2.75) is 20.1 Å². The molecule has 0 saturated carbocycles. The monoisotopic (exact) mass is 302 g/mol. The summed E-state index contributed by atoms with van der Waals surface area (Å²) in [4.78, 5) is 0. The molecule has 7 heteroatoms. The minimum absolute atomic E-state index is 0.0924. The number of hydrogen-bond acceptors (Lipinski definition) is 3. The first-order valence-corrected chi connectivity index (χ1v) is 6.21. The largest absolute Gasteiger partial charge is 0.483 e. The topological polar surface area (TPSA) is 47.3 Å². The van der Waals surface area contributed by atoms with Crippen LogP contribution < -0.4 is 4.74 Å². The molecule has 2 aromatic rings. The van der Waals surface area contributed by atoms with Crippen molar-refractivity contribution in [3.8, 4) is 5.75 Å². The molecule has 1 N–H and O–H groups in total. The van der Waals surface area contributed by atoms with Gasteiger partial charge in [-0.15, -0.1) is 0 Å². The van der Waals surface area contributed by atoms with Crippen LogP contribution in [0.2, 0.25) is 5.15 Å². The first-order chi connectivity index (χ1) is 9.43. The zero-order valence-electron chi connectivity index (χ0n) is 11.0. The Hall–Kier alpha value is -1.66. The van der Waals surface area contributed by atoms with Crippen molar-refractivity contribution in [1.29, 1.82) is 0 Å². The third-order valence-electron chi connectivity index (χ3n) is 2.87. The number of aromatic nitrogens is 2. The van der Waals surface area contributed by atoms with Crippen LogP contribution in [-0.2, 0) is 20.3 Å². The number of rotatable bonds is 4. The highest BCUT2D eigenvalue weighted by molar-refractivity contribution is 6.30. The van der Waals surface area contributed by atoms with Gasteiger partial charge in [-0.2, -0.15) is 5.10 Å². The van der Waals surface area contributed by atoms with Gasteiger partial charge in [0.2, 0.25) is 0 Å². The van der Waals surface area contributed by atoms with E-state index in [1.54, 1.807) is 14.0 Å². The lowest BCUT2D eigenvalue weighted by Crippen LogP contribution is -2.02. The van der Waals surface area contributed by atoms with E-state index in [4.69, 9.17) is 21.4 Å². The number of aryl methyl sites for hydroxylation is 2. The molecule has 2 rings (SSSR count). The van der Waals surface area contributed by atoms with Gasteiger partial charge in [-0.05, 0) is 24.6 Å². The number of ether oxygens (including phenoxy) is 1. The van der Waals surface area contributed by atoms with Gasteiger partial charge in [0.1, 0.15) is 11.8 Å². The average molecular weight is 303 g/mol. The molecule has 0 saturated heterocycles. The number of benzene rings is 1. The van der Waals surface area contributed by atoms with Gasteiger partial charge < -0.3 is 9.84 Å². The third-order valence-corrected chi connectivity index (χ3v) is 3.34. The van der Waals surface area contributed by atoms with Crippen LogP contribution in [0.5, 0.6) is 5.75 Å². The van der Waals surface area contributed by atoms with Crippen LogP contribution in [0, 0.1) is 18.6 Å². The van der Waals surface area contributed by atoms with Gasteiger partial charge in [0.25, 0.3) is 0 Å². The predicted molar refractivity (Wildman–Crippen MR) is 69.6 cm³/mol. The van der Waals surface area contributed by atoms with Gasteiger partial charge in [-0.3, -0.25) is 4.68 Å². The molecule has 0 aliphatic heterocycles. The number of aliphatic hydroxyl groups is 1.